The molecule has 0 bridgehead atoms. The van der Waals surface area contributed by atoms with Crippen molar-refractivity contribution in [2.24, 2.45) is 0 Å². The summed E-state index contributed by atoms with van der Waals surface area (Å²) >= 11 is 0. The van der Waals surface area contributed by atoms with Crippen molar-refractivity contribution >= 4 is 28.9 Å². The monoisotopic (exact) mass is 390 g/mol. The highest BCUT2D eigenvalue weighted by atomic mass is 16.6. The topological polar surface area (TPSA) is 49.7 Å². The first kappa shape index (κ1) is 18.4. The zero-order valence-corrected chi connectivity index (χ0v) is 16.2. The van der Waals surface area contributed by atoms with Gasteiger partial charge < -0.3 is 14.7 Å². The van der Waals surface area contributed by atoms with Crippen molar-refractivity contribution in [1.29, 1.82) is 0 Å². The molecule has 0 aromatic heterocycles. The fourth-order valence-corrected chi connectivity index (χ4v) is 4.20. The van der Waals surface area contributed by atoms with Crippen LogP contribution in [0.4, 0.5) is 0 Å². The Morgan fingerprint density at radius 1 is 0.500 bits per heavy atom. The average Bonchev–Trinajstić information content (AvgIpc) is 2.77. The van der Waals surface area contributed by atoms with Gasteiger partial charge in [0.05, 0.1) is 0 Å². The summed E-state index contributed by atoms with van der Waals surface area (Å²) in [6.07, 6.45) is 0. The Morgan fingerprint density at radius 3 is 1.50 bits per heavy atom. The highest BCUT2D eigenvalue weighted by Crippen LogP contribution is 2.43. The van der Waals surface area contributed by atoms with Gasteiger partial charge in [0.1, 0.15) is 5.75 Å². The molecule has 0 spiro atoms. The number of hydrogen-bond donors (Lipinski definition) is 2. The molecule has 144 valence electrons. The second-order valence-electron chi connectivity index (χ2n) is 7.18. The molecule has 2 N–H and O–H groups in total. The minimum absolute atomic E-state index is 0.405. The van der Waals surface area contributed by atoms with Crippen LogP contribution in [0, 0.1) is 0 Å². The molecule has 4 heteroatoms. The third kappa shape index (κ3) is 3.22. The van der Waals surface area contributed by atoms with Crippen molar-refractivity contribution in [3.63, 3.8) is 0 Å². The summed E-state index contributed by atoms with van der Waals surface area (Å²) in [4.78, 5) is 0. The summed E-state index contributed by atoms with van der Waals surface area (Å²) in [6, 6.07) is 34.7. The molecule has 0 amide bonds. The lowest BCUT2D eigenvalue weighted by Gasteiger charge is -2.18. The second kappa shape index (κ2) is 7.67. The predicted octanol–water partition coefficient (Wildman–Crippen LogP) is 5.68. The van der Waals surface area contributed by atoms with Crippen LogP contribution in [0.5, 0.6) is 5.75 Å². The molecule has 0 atom stereocenters. The molecule has 0 heterocycles. The lowest BCUT2D eigenvalue weighted by molar-refractivity contribution is 0.288. The second-order valence-corrected chi connectivity index (χ2v) is 7.18. The van der Waals surface area contributed by atoms with Gasteiger partial charge in [-0.25, -0.2) is 0 Å². The van der Waals surface area contributed by atoms with Gasteiger partial charge in [0.15, 0.2) is 0 Å². The van der Waals surface area contributed by atoms with Crippen LogP contribution < -0.4 is 4.65 Å². The highest BCUT2D eigenvalue weighted by molar-refractivity contribution is 6.33. The Morgan fingerprint density at radius 2 is 0.967 bits per heavy atom. The third-order valence-corrected chi connectivity index (χ3v) is 5.36. The van der Waals surface area contributed by atoms with Crippen molar-refractivity contribution in [2.45, 2.75) is 0 Å². The summed E-state index contributed by atoms with van der Waals surface area (Å²) in [6.45, 7) is 0. The van der Waals surface area contributed by atoms with Gasteiger partial charge in [0, 0.05) is 0 Å². The molecule has 0 radical (unpaired) electrons. The van der Waals surface area contributed by atoms with E-state index in [0.29, 0.717) is 5.75 Å². The van der Waals surface area contributed by atoms with E-state index in [0.717, 1.165) is 21.9 Å². The fraction of sp³-hybridized carbons (Fsp3) is 0. The molecule has 0 aliphatic carbocycles. The van der Waals surface area contributed by atoms with Crippen LogP contribution in [0.2, 0.25) is 0 Å². The molecule has 5 aromatic carbocycles. The van der Waals surface area contributed by atoms with Crippen molar-refractivity contribution in [3.05, 3.63) is 103 Å². The van der Waals surface area contributed by atoms with Crippen LogP contribution in [0.3, 0.4) is 0 Å². The molecule has 0 saturated carbocycles. The Labute approximate surface area is 175 Å². The first-order valence-corrected chi connectivity index (χ1v) is 9.84. The lowest BCUT2D eigenvalue weighted by atomic mass is 9.86. The zero-order valence-electron chi connectivity index (χ0n) is 16.2. The zero-order chi connectivity index (χ0) is 20.5. The van der Waals surface area contributed by atoms with Gasteiger partial charge in [-0.15, -0.1) is 0 Å². The van der Waals surface area contributed by atoms with E-state index in [1.165, 1.54) is 21.9 Å². The van der Waals surface area contributed by atoms with E-state index in [-0.39, 0.29) is 0 Å². The summed E-state index contributed by atoms with van der Waals surface area (Å²) in [7, 11) is -1.85. The van der Waals surface area contributed by atoms with Gasteiger partial charge in [0.2, 0.25) is 0 Å². The van der Waals surface area contributed by atoms with E-state index in [1.54, 1.807) is 6.07 Å². The highest BCUT2D eigenvalue weighted by Gasteiger charge is 2.17. The summed E-state index contributed by atoms with van der Waals surface area (Å²) in [5.74, 6) is 0.405. The van der Waals surface area contributed by atoms with Crippen LogP contribution in [0.15, 0.2) is 103 Å². The minimum atomic E-state index is -1.85. The normalized spacial score (nSPS) is 11.0. The molecular weight excluding hydrogens is 371 g/mol. The molecule has 5 aromatic rings. The quantitative estimate of drug-likeness (QED) is 0.307. The van der Waals surface area contributed by atoms with Crippen molar-refractivity contribution in [3.8, 4) is 28.0 Å². The van der Waals surface area contributed by atoms with Gasteiger partial charge >= 0.3 is 7.32 Å². The van der Waals surface area contributed by atoms with Crippen molar-refractivity contribution in [1.82, 2.24) is 0 Å². The van der Waals surface area contributed by atoms with Gasteiger partial charge in [0.25, 0.3) is 0 Å². The maximum atomic E-state index is 9.21. The molecule has 30 heavy (non-hydrogen) atoms. The SMILES string of the molecule is OB(O)Oc1cccc(-c2c3ccccc3c(-c3ccccc3)c3ccccc23)c1. The molecule has 0 aliphatic rings. The van der Waals surface area contributed by atoms with Crippen LogP contribution >= 0.6 is 0 Å². The van der Waals surface area contributed by atoms with Gasteiger partial charge in [-0.3, -0.25) is 0 Å². The van der Waals surface area contributed by atoms with Crippen LogP contribution in [-0.4, -0.2) is 17.4 Å². The summed E-state index contributed by atoms with van der Waals surface area (Å²) in [5, 5.41) is 23.0. The molecule has 0 aliphatic heterocycles. The van der Waals surface area contributed by atoms with E-state index in [1.807, 2.05) is 36.4 Å². The fourth-order valence-electron chi connectivity index (χ4n) is 4.20. The largest absolute Gasteiger partial charge is 0.707 e. The maximum absolute atomic E-state index is 9.21. The van der Waals surface area contributed by atoms with Crippen LogP contribution in [0.25, 0.3) is 43.8 Å². The van der Waals surface area contributed by atoms with E-state index in [9.17, 15) is 10.0 Å². The molecular formula is C26H19BO3. The molecule has 0 fully saturated rings. The van der Waals surface area contributed by atoms with Gasteiger partial charge in [-0.2, -0.15) is 0 Å². The predicted molar refractivity (Wildman–Crippen MR) is 123 cm³/mol. The summed E-state index contributed by atoms with van der Waals surface area (Å²) < 4.78 is 5.10. The van der Waals surface area contributed by atoms with Crippen LogP contribution in [-0.2, 0) is 0 Å². The number of hydrogen-bond acceptors (Lipinski definition) is 3. The molecule has 0 saturated heterocycles. The Balaban J connectivity index is 1.89. The Kier molecular flexibility index (Phi) is 4.72. The standard InChI is InChI=1S/C26H19BO3/c28-27(29)30-20-12-8-11-19(17-20)26-23-15-6-4-13-21(23)25(18-9-2-1-3-10-18)22-14-5-7-16-24(22)26/h1-17,28-29H. The number of rotatable bonds is 4. The van der Waals surface area contributed by atoms with E-state index in [2.05, 4.69) is 60.7 Å². The molecule has 5 rings (SSSR count). The van der Waals surface area contributed by atoms with Crippen LogP contribution in [0.1, 0.15) is 0 Å². The molecule has 3 nitrogen and oxygen atoms in total. The van der Waals surface area contributed by atoms with E-state index in [4.69, 9.17) is 4.65 Å². The third-order valence-electron chi connectivity index (χ3n) is 5.36. The van der Waals surface area contributed by atoms with Crippen molar-refractivity contribution < 1.29 is 14.7 Å². The number of fused-ring (bicyclic) bond motifs is 2. The first-order valence-electron chi connectivity index (χ1n) is 9.84. The lowest BCUT2D eigenvalue weighted by Crippen LogP contribution is -2.20. The van der Waals surface area contributed by atoms with E-state index < -0.39 is 7.32 Å². The van der Waals surface area contributed by atoms with Gasteiger partial charge in [-0.05, 0) is 55.9 Å². The average molecular weight is 390 g/mol. The minimum Gasteiger partial charge on any atom is -0.512 e. The van der Waals surface area contributed by atoms with E-state index >= 15 is 0 Å². The molecule has 0 unspecified atom stereocenters. The smallest absolute Gasteiger partial charge is 0.512 e. The first-order chi connectivity index (χ1) is 14.7. The number of benzene rings is 5. The van der Waals surface area contributed by atoms with Gasteiger partial charge in [-0.1, -0.05) is 91.0 Å². The summed E-state index contributed by atoms with van der Waals surface area (Å²) in [5.41, 5.74) is 4.44. The Bertz CT molecular complexity index is 1290. The van der Waals surface area contributed by atoms with Crippen molar-refractivity contribution in [2.75, 3.05) is 0 Å². The maximum Gasteiger partial charge on any atom is 0.707 e. The Hall–Kier alpha value is -3.60.